The molecule has 1 saturated heterocycles. The Morgan fingerprint density at radius 2 is 2.00 bits per heavy atom. The molecule has 1 aromatic heterocycles. The minimum Gasteiger partial charge on any atom is -0.361 e. The molecule has 0 bridgehead atoms. The molecule has 2 N–H and O–H groups in total. The maximum Gasteiger partial charge on any atom is 0.233 e. The van der Waals surface area contributed by atoms with Gasteiger partial charge in [-0.05, 0) is 43.9 Å². The lowest BCUT2D eigenvalue weighted by molar-refractivity contribution is -0.148. The lowest BCUT2D eigenvalue weighted by Crippen LogP contribution is -2.47. The second kappa shape index (κ2) is 6.40. The van der Waals surface area contributed by atoms with E-state index in [0.29, 0.717) is 6.54 Å². The molecule has 2 aliphatic rings. The van der Waals surface area contributed by atoms with Gasteiger partial charge in [0.15, 0.2) is 0 Å². The molecule has 1 unspecified atom stereocenters. The Labute approximate surface area is 141 Å². The van der Waals surface area contributed by atoms with Gasteiger partial charge in [0.2, 0.25) is 11.8 Å². The lowest BCUT2D eigenvalue weighted by Gasteiger charge is -2.28. The first kappa shape index (κ1) is 15.4. The van der Waals surface area contributed by atoms with E-state index in [2.05, 4.69) is 10.3 Å². The molecule has 1 aromatic carbocycles. The van der Waals surface area contributed by atoms with Gasteiger partial charge in [0.1, 0.15) is 0 Å². The molecular formula is C19H23N3O2. The van der Waals surface area contributed by atoms with Crippen LogP contribution >= 0.6 is 0 Å². The average molecular weight is 325 g/mol. The third-order valence-electron chi connectivity index (χ3n) is 5.08. The molecule has 0 radical (unpaired) electrons. The minimum absolute atomic E-state index is 0.0227. The van der Waals surface area contributed by atoms with Crippen LogP contribution in [0.4, 0.5) is 0 Å². The first-order valence-corrected chi connectivity index (χ1v) is 8.85. The summed E-state index contributed by atoms with van der Waals surface area (Å²) in [6, 6.07) is 8.09. The first-order valence-electron chi connectivity index (χ1n) is 8.85. The molecule has 5 heteroatoms. The van der Waals surface area contributed by atoms with E-state index in [1.807, 2.05) is 30.5 Å². The van der Waals surface area contributed by atoms with Crippen molar-refractivity contribution in [3.63, 3.8) is 0 Å². The molecule has 126 valence electrons. The summed E-state index contributed by atoms with van der Waals surface area (Å²) in [5.74, 6) is -0.0846. The second-order valence-electron chi connectivity index (χ2n) is 6.91. The highest BCUT2D eigenvalue weighted by atomic mass is 16.2. The zero-order chi connectivity index (χ0) is 16.5. The fourth-order valence-corrected chi connectivity index (χ4v) is 3.62. The van der Waals surface area contributed by atoms with Crippen LogP contribution < -0.4 is 5.32 Å². The van der Waals surface area contributed by atoms with E-state index in [1.165, 1.54) is 0 Å². The van der Waals surface area contributed by atoms with Crippen LogP contribution in [0.1, 0.15) is 31.2 Å². The average Bonchev–Trinajstić information content (AvgIpc) is 3.37. The van der Waals surface area contributed by atoms with E-state index in [9.17, 15) is 9.59 Å². The van der Waals surface area contributed by atoms with Crippen molar-refractivity contribution in [1.29, 1.82) is 0 Å². The molecule has 1 aliphatic heterocycles. The lowest BCUT2D eigenvalue weighted by atomic mass is 9.97. The quantitative estimate of drug-likeness (QED) is 0.906. The molecule has 1 atom stereocenters. The second-order valence-corrected chi connectivity index (χ2v) is 6.91. The van der Waals surface area contributed by atoms with Crippen molar-refractivity contribution in [1.82, 2.24) is 15.2 Å². The summed E-state index contributed by atoms with van der Waals surface area (Å²) >= 11 is 0. The molecule has 4 rings (SSSR count). The highest BCUT2D eigenvalue weighted by molar-refractivity contribution is 5.99. The Kier molecular flexibility index (Phi) is 4.10. The number of benzene rings is 1. The van der Waals surface area contributed by atoms with Crippen LogP contribution in [-0.2, 0) is 16.0 Å². The summed E-state index contributed by atoms with van der Waals surface area (Å²) in [4.78, 5) is 30.5. The molecule has 1 aliphatic carbocycles. The zero-order valence-electron chi connectivity index (χ0n) is 13.8. The standard InChI is InChI=1S/C19H23N3O2/c23-18(10-14-12-21-17-6-2-1-5-16(14)17)22(15-7-8-15)19(24)13-4-3-9-20-11-13/h1-2,5-6,12-13,15,20-21H,3-4,7-11H2. The van der Waals surface area contributed by atoms with Gasteiger partial charge in [-0.15, -0.1) is 0 Å². The molecule has 2 fully saturated rings. The number of nitrogens with zero attached hydrogens (tertiary/aromatic N) is 1. The number of H-pyrrole nitrogens is 1. The van der Waals surface area contributed by atoms with Crippen molar-refractivity contribution in [2.24, 2.45) is 5.92 Å². The van der Waals surface area contributed by atoms with Crippen molar-refractivity contribution in [2.45, 2.75) is 38.1 Å². The normalized spacial score (nSPS) is 20.9. The number of carbonyl (C=O) groups excluding carboxylic acids is 2. The van der Waals surface area contributed by atoms with Crippen LogP contribution in [0.2, 0.25) is 0 Å². The Hall–Kier alpha value is -2.14. The summed E-state index contributed by atoms with van der Waals surface area (Å²) in [7, 11) is 0. The fourth-order valence-electron chi connectivity index (χ4n) is 3.62. The predicted molar refractivity (Wildman–Crippen MR) is 92.5 cm³/mol. The zero-order valence-corrected chi connectivity index (χ0v) is 13.8. The number of aromatic nitrogens is 1. The van der Waals surface area contributed by atoms with Crippen LogP contribution in [0.25, 0.3) is 10.9 Å². The number of aromatic amines is 1. The van der Waals surface area contributed by atoms with Crippen LogP contribution in [0.15, 0.2) is 30.5 Å². The third-order valence-corrected chi connectivity index (χ3v) is 5.08. The van der Waals surface area contributed by atoms with E-state index in [-0.39, 0.29) is 30.2 Å². The highest BCUT2D eigenvalue weighted by Crippen LogP contribution is 2.30. The largest absolute Gasteiger partial charge is 0.361 e. The van der Waals surface area contributed by atoms with Crippen LogP contribution in [0.3, 0.4) is 0 Å². The van der Waals surface area contributed by atoms with E-state index < -0.39 is 0 Å². The van der Waals surface area contributed by atoms with E-state index >= 15 is 0 Å². The van der Waals surface area contributed by atoms with E-state index in [0.717, 1.165) is 48.7 Å². The molecule has 24 heavy (non-hydrogen) atoms. The van der Waals surface area contributed by atoms with Gasteiger partial charge in [-0.1, -0.05) is 18.2 Å². The smallest absolute Gasteiger partial charge is 0.233 e. The monoisotopic (exact) mass is 325 g/mol. The number of nitrogens with one attached hydrogen (secondary N) is 2. The Balaban J connectivity index is 1.53. The topological polar surface area (TPSA) is 65.2 Å². The molecule has 2 aromatic rings. The Bertz CT molecular complexity index is 757. The molecule has 2 amide bonds. The number of imide groups is 1. The summed E-state index contributed by atoms with van der Waals surface area (Å²) in [6.45, 7) is 1.67. The molecular weight excluding hydrogens is 302 g/mol. The van der Waals surface area contributed by atoms with Crippen molar-refractivity contribution in [2.75, 3.05) is 13.1 Å². The number of hydrogen-bond donors (Lipinski definition) is 2. The van der Waals surface area contributed by atoms with Gasteiger partial charge in [-0.3, -0.25) is 14.5 Å². The highest BCUT2D eigenvalue weighted by Gasteiger charge is 2.40. The van der Waals surface area contributed by atoms with Crippen LogP contribution in [-0.4, -0.2) is 40.8 Å². The van der Waals surface area contributed by atoms with E-state index in [1.54, 1.807) is 4.90 Å². The molecule has 2 heterocycles. The van der Waals surface area contributed by atoms with Gasteiger partial charge in [-0.2, -0.15) is 0 Å². The maximum absolute atomic E-state index is 12.9. The van der Waals surface area contributed by atoms with Crippen LogP contribution in [0.5, 0.6) is 0 Å². The summed E-state index contributed by atoms with van der Waals surface area (Å²) in [6.07, 6.45) is 5.96. The van der Waals surface area contributed by atoms with Crippen molar-refractivity contribution in [3.8, 4) is 0 Å². The van der Waals surface area contributed by atoms with Crippen molar-refractivity contribution in [3.05, 3.63) is 36.0 Å². The molecule has 0 spiro atoms. The fraction of sp³-hybridized carbons (Fsp3) is 0.474. The molecule has 5 nitrogen and oxygen atoms in total. The van der Waals surface area contributed by atoms with Gasteiger partial charge < -0.3 is 10.3 Å². The van der Waals surface area contributed by atoms with Gasteiger partial charge in [0.05, 0.1) is 12.3 Å². The number of fused-ring (bicyclic) bond motifs is 1. The SMILES string of the molecule is O=C(Cc1c[nH]c2ccccc12)N(C(=O)C1CCCNC1)C1CC1. The third kappa shape index (κ3) is 2.96. The summed E-state index contributed by atoms with van der Waals surface area (Å²) in [5.41, 5.74) is 2.00. The Morgan fingerprint density at radius 3 is 2.75 bits per heavy atom. The maximum atomic E-state index is 12.9. The number of para-hydroxylation sites is 1. The minimum atomic E-state index is -0.0576. The van der Waals surface area contributed by atoms with Gasteiger partial charge >= 0.3 is 0 Å². The summed E-state index contributed by atoms with van der Waals surface area (Å²) in [5, 5.41) is 4.34. The van der Waals surface area contributed by atoms with Crippen LogP contribution in [0, 0.1) is 5.92 Å². The van der Waals surface area contributed by atoms with Gasteiger partial charge in [0, 0.05) is 29.7 Å². The number of piperidine rings is 1. The van der Waals surface area contributed by atoms with Crippen molar-refractivity contribution < 1.29 is 9.59 Å². The number of amides is 2. The van der Waals surface area contributed by atoms with E-state index in [4.69, 9.17) is 0 Å². The predicted octanol–water partition coefficient (Wildman–Crippen LogP) is 2.23. The first-order chi connectivity index (χ1) is 11.7. The number of rotatable bonds is 4. The number of carbonyl (C=O) groups is 2. The molecule has 1 saturated carbocycles. The van der Waals surface area contributed by atoms with Gasteiger partial charge in [-0.25, -0.2) is 0 Å². The van der Waals surface area contributed by atoms with Crippen molar-refractivity contribution >= 4 is 22.7 Å². The number of hydrogen-bond acceptors (Lipinski definition) is 3. The Morgan fingerprint density at radius 1 is 1.17 bits per heavy atom. The van der Waals surface area contributed by atoms with Gasteiger partial charge in [0.25, 0.3) is 0 Å². The summed E-state index contributed by atoms with van der Waals surface area (Å²) < 4.78 is 0.